The van der Waals surface area contributed by atoms with Gasteiger partial charge in [-0.2, -0.15) is 5.10 Å². The molecule has 1 unspecified atom stereocenters. The Hall–Kier alpha value is -1.53. The first-order valence-electron chi connectivity index (χ1n) is 6.19. The number of carbonyl (C=O) groups is 1. The van der Waals surface area contributed by atoms with Crippen LogP contribution in [0.2, 0.25) is 5.02 Å². The van der Waals surface area contributed by atoms with E-state index in [0.717, 1.165) is 4.90 Å². The van der Waals surface area contributed by atoms with Crippen molar-refractivity contribution in [1.29, 1.82) is 0 Å². The summed E-state index contributed by atoms with van der Waals surface area (Å²) in [5.74, 6) is 1.31. The first kappa shape index (κ1) is 14.9. The van der Waals surface area contributed by atoms with E-state index in [4.69, 9.17) is 11.6 Å². The third kappa shape index (κ3) is 4.25. The highest BCUT2D eigenvalue weighted by Gasteiger charge is 2.11. The number of nitrogens with one attached hydrogen (secondary N) is 2. The normalized spacial score (nSPS) is 12.1. The largest absolute Gasteiger partial charge is 0.346 e. The molecule has 2 N–H and O–H groups in total. The molecule has 0 radical (unpaired) electrons. The zero-order valence-electron chi connectivity index (χ0n) is 11.0. The highest BCUT2D eigenvalue weighted by Crippen LogP contribution is 2.26. The molecule has 1 aromatic carbocycles. The van der Waals surface area contributed by atoms with Crippen molar-refractivity contribution in [2.45, 2.75) is 24.3 Å². The molecule has 1 atom stereocenters. The van der Waals surface area contributed by atoms with Gasteiger partial charge in [-0.15, -0.1) is 11.8 Å². The molecule has 0 saturated heterocycles. The third-order valence-corrected chi connectivity index (χ3v) is 4.16. The van der Waals surface area contributed by atoms with Crippen LogP contribution in [0.4, 0.5) is 0 Å². The minimum absolute atomic E-state index is 0.0200. The first-order valence-corrected chi connectivity index (χ1v) is 7.55. The molecule has 0 aliphatic heterocycles. The van der Waals surface area contributed by atoms with Crippen molar-refractivity contribution < 1.29 is 4.79 Å². The van der Waals surface area contributed by atoms with Gasteiger partial charge in [-0.25, -0.2) is 4.98 Å². The Labute approximate surface area is 126 Å². The number of nitrogens with zero attached hydrogens (tertiary/aromatic N) is 2. The quantitative estimate of drug-likeness (QED) is 0.805. The van der Waals surface area contributed by atoms with Crippen molar-refractivity contribution in [3.63, 3.8) is 0 Å². The molecule has 20 heavy (non-hydrogen) atoms. The standard InChI is InChI=1S/C13H15ClN4OS/c1-9(13-15-8-16-18-13)17-12(19)6-7-20-11-5-3-2-4-10(11)14/h2-5,8-9H,6-7H2,1H3,(H,17,19)(H,15,16,18). The maximum absolute atomic E-state index is 11.8. The number of carbonyl (C=O) groups excluding carboxylic acids is 1. The van der Waals surface area contributed by atoms with Crippen molar-refractivity contribution in [2.75, 3.05) is 5.75 Å². The van der Waals surface area contributed by atoms with Gasteiger partial charge in [0, 0.05) is 17.1 Å². The number of H-pyrrole nitrogens is 1. The van der Waals surface area contributed by atoms with E-state index >= 15 is 0 Å². The number of halogens is 1. The molecule has 0 saturated carbocycles. The Balaban J connectivity index is 1.74. The second-order valence-electron chi connectivity index (χ2n) is 4.19. The molecule has 0 fully saturated rings. The second-order valence-corrected chi connectivity index (χ2v) is 5.73. The highest BCUT2D eigenvalue weighted by molar-refractivity contribution is 7.99. The Kier molecular flexibility index (Phi) is 5.43. The molecule has 5 nitrogen and oxygen atoms in total. The smallest absolute Gasteiger partial charge is 0.221 e. The fourth-order valence-corrected chi connectivity index (χ4v) is 2.81. The summed E-state index contributed by atoms with van der Waals surface area (Å²) in [6.07, 6.45) is 1.85. The molecule has 0 bridgehead atoms. The summed E-state index contributed by atoms with van der Waals surface area (Å²) >= 11 is 7.62. The molecule has 106 valence electrons. The fraction of sp³-hybridized carbons (Fsp3) is 0.308. The summed E-state index contributed by atoms with van der Waals surface area (Å²) in [6.45, 7) is 1.86. The van der Waals surface area contributed by atoms with Gasteiger partial charge in [0.25, 0.3) is 0 Å². The topological polar surface area (TPSA) is 70.7 Å². The lowest BCUT2D eigenvalue weighted by atomic mass is 10.3. The fourth-order valence-electron chi connectivity index (χ4n) is 1.62. The number of thioether (sulfide) groups is 1. The van der Waals surface area contributed by atoms with Crippen LogP contribution in [0.25, 0.3) is 0 Å². The minimum atomic E-state index is -0.171. The summed E-state index contributed by atoms with van der Waals surface area (Å²) < 4.78 is 0. The number of aromatic nitrogens is 3. The molecule has 2 aromatic rings. The van der Waals surface area contributed by atoms with Crippen molar-refractivity contribution in [3.05, 3.63) is 41.4 Å². The molecular formula is C13H15ClN4OS. The van der Waals surface area contributed by atoms with Gasteiger partial charge in [0.1, 0.15) is 12.2 Å². The van der Waals surface area contributed by atoms with Gasteiger partial charge in [-0.05, 0) is 19.1 Å². The van der Waals surface area contributed by atoms with E-state index in [-0.39, 0.29) is 11.9 Å². The Bertz CT molecular complexity index is 561. The highest BCUT2D eigenvalue weighted by atomic mass is 35.5. The summed E-state index contributed by atoms with van der Waals surface area (Å²) in [7, 11) is 0. The van der Waals surface area contributed by atoms with Gasteiger partial charge in [0.15, 0.2) is 0 Å². The van der Waals surface area contributed by atoms with Crippen LogP contribution in [0.5, 0.6) is 0 Å². The molecule has 1 amide bonds. The molecule has 0 spiro atoms. The van der Waals surface area contributed by atoms with Crippen LogP contribution < -0.4 is 5.32 Å². The molecule has 1 heterocycles. The summed E-state index contributed by atoms with van der Waals surface area (Å²) in [5, 5.41) is 10.1. The third-order valence-electron chi connectivity index (χ3n) is 2.64. The summed E-state index contributed by atoms with van der Waals surface area (Å²) in [5.41, 5.74) is 0. The van der Waals surface area contributed by atoms with Crippen LogP contribution >= 0.6 is 23.4 Å². The zero-order valence-corrected chi connectivity index (χ0v) is 12.5. The van der Waals surface area contributed by atoms with Crippen LogP contribution in [-0.4, -0.2) is 26.8 Å². The molecular weight excluding hydrogens is 296 g/mol. The first-order chi connectivity index (χ1) is 9.66. The predicted octanol–water partition coefficient (Wildman–Crippen LogP) is 2.82. The van der Waals surface area contributed by atoms with E-state index in [0.29, 0.717) is 23.0 Å². The summed E-state index contributed by atoms with van der Waals surface area (Å²) in [4.78, 5) is 16.8. The van der Waals surface area contributed by atoms with E-state index in [9.17, 15) is 4.79 Å². The van der Waals surface area contributed by atoms with E-state index in [1.165, 1.54) is 6.33 Å². The number of rotatable bonds is 6. The minimum Gasteiger partial charge on any atom is -0.346 e. The lowest BCUT2D eigenvalue weighted by molar-refractivity contribution is -0.121. The lowest BCUT2D eigenvalue weighted by Gasteiger charge is -2.10. The van der Waals surface area contributed by atoms with E-state index in [2.05, 4.69) is 20.5 Å². The van der Waals surface area contributed by atoms with Crippen LogP contribution in [0.15, 0.2) is 35.5 Å². The molecule has 7 heteroatoms. The Morgan fingerprint density at radius 3 is 3.00 bits per heavy atom. The number of amides is 1. The van der Waals surface area contributed by atoms with Gasteiger partial charge >= 0.3 is 0 Å². The van der Waals surface area contributed by atoms with Gasteiger partial charge in [0.2, 0.25) is 5.91 Å². The van der Waals surface area contributed by atoms with Crippen LogP contribution in [0, 0.1) is 0 Å². The van der Waals surface area contributed by atoms with Crippen LogP contribution in [-0.2, 0) is 4.79 Å². The van der Waals surface area contributed by atoms with Crippen LogP contribution in [0.1, 0.15) is 25.2 Å². The predicted molar refractivity (Wildman–Crippen MR) is 79.7 cm³/mol. The zero-order chi connectivity index (χ0) is 14.4. The Morgan fingerprint density at radius 2 is 2.30 bits per heavy atom. The second kappa shape index (κ2) is 7.31. The van der Waals surface area contributed by atoms with Gasteiger partial charge < -0.3 is 5.32 Å². The van der Waals surface area contributed by atoms with Crippen molar-refractivity contribution >= 4 is 29.3 Å². The average molecular weight is 311 g/mol. The molecule has 1 aromatic heterocycles. The van der Waals surface area contributed by atoms with Crippen molar-refractivity contribution in [3.8, 4) is 0 Å². The molecule has 0 aliphatic carbocycles. The number of hydrogen-bond donors (Lipinski definition) is 2. The average Bonchev–Trinajstić information content (AvgIpc) is 2.95. The van der Waals surface area contributed by atoms with Gasteiger partial charge in [-0.1, -0.05) is 23.7 Å². The lowest BCUT2D eigenvalue weighted by Crippen LogP contribution is -2.27. The number of benzene rings is 1. The van der Waals surface area contributed by atoms with Gasteiger partial charge in [-0.3, -0.25) is 9.89 Å². The van der Waals surface area contributed by atoms with E-state index < -0.39 is 0 Å². The maximum atomic E-state index is 11.8. The van der Waals surface area contributed by atoms with Crippen molar-refractivity contribution in [2.24, 2.45) is 0 Å². The van der Waals surface area contributed by atoms with Gasteiger partial charge in [0.05, 0.1) is 11.1 Å². The summed E-state index contributed by atoms with van der Waals surface area (Å²) in [6, 6.07) is 7.44. The van der Waals surface area contributed by atoms with Crippen LogP contribution in [0.3, 0.4) is 0 Å². The number of hydrogen-bond acceptors (Lipinski definition) is 4. The maximum Gasteiger partial charge on any atom is 0.221 e. The van der Waals surface area contributed by atoms with Crippen molar-refractivity contribution in [1.82, 2.24) is 20.5 Å². The monoisotopic (exact) mass is 310 g/mol. The van der Waals surface area contributed by atoms with E-state index in [1.807, 2.05) is 31.2 Å². The SMILES string of the molecule is CC(NC(=O)CCSc1ccccc1Cl)c1ncn[nH]1. The Morgan fingerprint density at radius 1 is 1.50 bits per heavy atom. The number of aromatic amines is 1. The molecule has 2 rings (SSSR count). The molecule has 0 aliphatic rings. The van der Waals surface area contributed by atoms with E-state index in [1.54, 1.807) is 11.8 Å².